The zero-order valence-corrected chi connectivity index (χ0v) is 6.13. The fraction of sp³-hybridized carbons (Fsp3) is 0.857. The number of hydrogen-bond donors (Lipinski definition) is 1. The third-order valence-corrected chi connectivity index (χ3v) is 2.54. The van der Waals surface area contributed by atoms with E-state index in [0.717, 1.165) is 19.6 Å². The van der Waals surface area contributed by atoms with Crippen LogP contribution in [0.1, 0.15) is 0 Å². The first kappa shape index (κ1) is 6.16. The second kappa shape index (κ2) is 1.95. The topological polar surface area (TPSA) is 32.3 Å². The number of nitrogens with zero attached hydrogens (tertiary/aromatic N) is 1. The highest BCUT2D eigenvalue weighted by Crippen LogP contribution is 2.25. The first-order valence-electron chi connectivity index (χ1n) is 3.75. The van der Waals surface area contributed by atoms with Gasteiger partial charge >= 0.3 is 0 Å². The van der Waals surface area contributed by atoms with Gasteiger partial charge in [0.1, 0.15) is 0 Å². The van der Waals surface area contributed by atoms with Gasteiger partial charge in [-0.25, -0.2) is 0 Å². The largest absolute Gasteiger partial charge is 0.345 e. The maximum absolute atomic E-state index is 11.3. The Bertz CT molecular complexity index is 169. The van der Waals surface area contributed by atoms with E-state index in [0.29, 0.717) is 17.7 Å². The van der Waals surface area contributed by atoms with Gasteiger partial charge in [-0.3, -0.25) is 4.79 Å². The van der Waals surface area contributed by atoms with Gasteiger partial charge < -0.3 is 10.2 Å². The smallest absolute Gasteiger partial charge is 0.227 e. The number of carbonyl (C=O) groups is 1. The van der Waals surface area contributed by atoms with E-state index >= 15 is 0 Å². The lowest BCUT2D eigenvalue weighted by Crippen LogP contribution is -2.27. The molecule has 1 amide bonds. The van der Waals surface area contributed by atoms with Crippen molar-refractivity contribution in [2.24, 2.45) is 11.8 Å². The predicted molar refractivity (Wildman–Crippen MR) is 37.5 cm³/mol. The second-order valence-corrected chi connectivity index (χ2v) is 3.24. The number of fused-ring (bicyclic) bond motifs is 1. The monoisotopic (exact) mass is 140 g/mol. The summed E-state index contributed by atoms with van der Waals surface area (Å²) in [6, 6.07) is 0. The lowest BCUT2D eigenvalue weighted by atomic mass is 10.0. The van der Waals surface area contributed by atoms with Crippen molar-refractivity contribution in [2.45, 2.75) is 0 Å². The van der Waals surface area contributed by atoms with Gasteiger partial charge in [-0.1, -0.05) is 0 Å². The number of amides is 1. The molecule has 2 aliphatic heterocycles. The molecule has 0 aromatic rings. The van der Waals surface area contributed by atoms with E-state index in [9.17, 15) is 4.79 Å². The van der Waals surface area contributed by atoms with E-state index in [2.05, 4.69) is 5.32 Å². The molecule has 0 aromatic heterocycles. The summed E-state index contributed by atoms with van der Waals surface area (Å²) in [5, 5.41) is 3.23. The second-order valence-electron chi connectivity index (χ2n) is 3.24. The molecular weight excluding hydrogens is 128 g/mol. The van der Waals surface area contributed by atoms with Gasteiger partial charge in [0.2, 0.25) is 5.91 Å². The van der Waals surface area contributed by atoms with Gasteiger partial charge in [0.15, 0.2) is 0 Å². The minimum atomic E-state index is 0.296. The van der Waals surface area contributed by atoms with Crippen LogP contribution >= 0.6 is 0 Å². The van der Waals surface area contributed by atoms with Crippen molar-refractivity contribution < 1.29 is 4.79 Å². The molecule has 0 aromatic carbocycles. The van der Waals surface area contributed by atoms with Crippen molar-refractivity contribution in [1.82, 2.24) is 10.2 Å². The minimum Gasteiger partial charge on any atom is -0.345 e. The Morgan fingerprint density at radius 3 is 3.10 bits per heavy atom. The van der Waals surface area contributed by atoms with Gasteiger partial charge in [-0.15, -0.1) is 0 Å². The lowest BCUT2D eigenvalue weighted by molar-refractivity contribution is -0.129. The summed E-state index contributed by atoms with van der Waals surface area (Å²) in [4.78, 5) is 13.1. The molecule has 2 rings (SSSR count). The number of hydrogen-bond acceptors (Lipinski definition) is 2. The highest BCUT2D eigenvalue weighted by Gasteiger charge is 2.41. The van der Waals surface area contributed by atoms with Crippen molar-refractivity contribution >= 4 is 5.91 Å². The summed E-state index contributed by atoms with van der Waals surface area (Å²) in [5.74, 6) is 1.22. The molecule has 2 aliphatic rings. The Hall–Kier alpha value is -0.570. The fourth-order valence-electron chi connectivity index (χ4n) is 1.94. The Morgan fingerprint density at radius 1 is 1.60 bits per heavy atom. The van der Waals surface area contributed by atoms with E-state index in [1.807, 2.05) is 11.9 Å². The molecule has 1 N–H and O–H groups in total. The third-order valence-electron chi connectivity index (χ3n) is 2.54. The maximum Gasteiger partial charge on any atom is 0.227 e. The Labute approximate surface area is 60.4 Å². The molecule has 0 bridgehead atoms. The molecule has 0 spiro atoms. The number of carbonyl (C=O) groups excluding carboxylic acids is 1. The van der Waals surface area contributed by atoms with E-state index < -0.39 is 0 Å². The zero-order chi connectivity index (χ0) is 7.14. The molecule has 0 saturated carbocycles. The van der Waals surface area contributed by atoms with Crippen molar-refractivity contribution in [3.05, 3.63) is 0 Å². The van der Waals surface area contributed by atoms with Crippen LogP contribution in [-0.4, -0.2) is 37.5 Å². The van der Waals surface area contributed by atoms with Gasteiger partial charge in [-0.2, -0.15) is 0 Å². The number of rotatable bonds is 0. The van der Waals surface area contributed by atoms with E-state index in [1.165, 1.54) is 0 Å². The zero-order valence-electron chi connectivity index (χ0n) is 6.13. The quantitative estimate of drug-likeness (QED) is 0.482. The first-order valence-corrected chi connectivity index (χ1v) is 3.75. The minimum absolute atomic E-state index is 0.296. The number of nitrogens with one attached hydrogen (secondary N) is 1. The summed E-state index contributed by atoms with van der Waals surface area (Å²) in [6.07, 6.45) is 0. The first-order chi connectivity index (χ1) is 4.79. The van der Waals surface area contributed by atoms with Crippen LogP contribution < -0.4 is 5.32 Å². The Balaban J connectivity index is 2.17. The van der Waals surface area contributed by atoms with E-state index in [1.54, 1.807) is 0 Å². The van der Waals surface area contributed by atoms with Crippen LogP contribution in [0.3, 0.4) is 0 Å². The third kappa shape index (κ3) is 0.669. The van der Waals surface area contributed by atoms with Gasteiger partial charge in [0.25, 0.3) is 0 Å². The number of likely N-dealkylation sites (tertiary alicyclic amines) is 1. The molecular formula is C7H12N2O. The van der Waals surface area contributed by atoms with Crippen LogP contribution in [0.4, 0.5) is 0 Å². The molecule has 3 heteroatoms. The highest BCUT2D eigenvalue weighted by molar-refractivity contribution is 5.81. The average molecular weight is 140 g/mol. The van der Waals surface area contributed by atoms with Crippen molar-refractivity contribution in [3.63, 3.8) is 0 Å². The molecule has 2 atom stereocenters. The highest BCUT2D eigenvalue weighted by atomic mass is 16.2. The summed E-state index contributed by atoms with van der Waals surface area (Å²) < 4.78 is 0. The molecule has 2 heterocycles. The van der Waals surface area contributed by atoms with Crippen molar-refractivity contribution in [3.8, 4) is 0 Å². The normalized spacial score (nSPS) is 38.9. The standard InChI is InChI=1S/C7H12N2O/c1-9-4-5-2-8-3-6(5)7(9)10/h5-6,8H,2-4H2,1H3. The maximum atomic E-state index is 11.3. The van der Waals surface area contributed by atoms with Crippen LogP contribution in [0.2, 0.25) is 0 Å². The van der Waals surface area contributed by atoms with Crippen molar-refractivity contribution in [2.75, 3.05) is 26.7 Å². The van der Waals surface area contributed by atoms with Crippen LogP contribution in [-0.2, 0) is 4.79 Å². The molecule has 56 valence electrons. The summed E-state index contributed by atoms with van der Waals surface area (Å²) in [6.45, 7) is 2.88. The van der Waals surface area contributed by atoms with Crippen LogP contribution in [0.5, 0.6) is 0 Å². The van der Waals surface area contributed by atoms with Crippen molar-refractivity contribution in [1.29, 1.82) is 0 Å². The van der Waals surface area contributed by atoms with E-state index in [-0.39, 0.29) is 0 Å². The van der Waals surface area contributed by atoms with Crippen LogP contribution in [0.15, 0.2) is 0 Å². The van der Waals surface area contributed by atoms with E-state index in [4.69, 9.17) is 0 Å². The molecule has 3 nitrogen and oxygen atoms in total. The lowest BCUT2D eigenvalue weighted by Gasteiger charge is -2.08. The summed E-state index contributed by atoms with van der Waals surface area (Å²) >= 11 is 0. The molecule has 2 saturated heterocycles. The van der Waals surface area contributed by atoms with Gasteiger partial charge in [-0.05, 0) is 0 Å². The molecule has 0 aliphatic carbocycles. The Kier molecular flexibility index (Phi) is 1.20. The Morgan fingerprint density at radius 2 is 2.40 bits per heavy atom. The molecule has 10 heavy (non-hydrogen) atoms. The van der Waals surface area contributed by atoms with Gasteiger partial charge in [0.05, 0.1) is 5.92 Å². The SMILES string of the molecule is CN1CC2CNCC2C1=O. The molecule has 2 fully saturated rings. The predicted octanol–water partition coefficient (Wildman–Crippen LogP) is -0.706. The average Bonchev–Trinajstić information content (AvgIpc) is 2.41. The van der Waals surface area contributed by atoms with Crippen LogP contribution in [0, 0.1) is 11.8 Å². The summed E-state index contributed by atoms with van der Waals surface area (Å²) in [7, 11) is 1.89. The van der Waals surface area contributed by atoms with Crippen LogP contribution in [0.25, 0.3) is 0 Å². The molecule has 0 radical (unpaired) electrons. The molecule has 2 unspecified atom stereocenters. The summed E-state index contributed by atoms with van der Waals surface area (Å²) in [5.41, 5.74) is 0. The fourth-order valence-corrected chi connectivity index (χ4v) is 1.94. The van der Waals surface area contributed by atoms with Gasteiger partial charge in [0, 0.05) is 32.6 Å².